The zero-order valence-electron chi connectivity index (χ0n) is 10.4. The van der Waals surface area contributed by atoms with Crippen molar-refractivity contribution in [1.82, 2.24) is 0 Å². The first-order chi connectivity index (χ1) is 7.79. The molecule has 1 fully saturated rings. The van der Waals surface area contributed by atoms with Crippen LogP contribution in [0.4, 0.5) is 0 Å². The quantitative estimate of drug-likeness (QED) is 0.313. The topological polar surface area (TPSA) is 40.2 Å². The molecule has 0 aromatic rings. The maximum Gasteiger partial charge on any atom is 0.171 e. The monoisotopic (exact) mass is 248 g/mol. The summed E-state index contributed by atoms with van der Waals surface area (Å²) in [6.07, 6.45) is 2.51. The van der Waals surface area contributed by atoms with E-state index in [0.29, 0.717) is 6.10 Å². The Morgan fingerprint density at radius 3 is 2.38 bits per heavy atom. The Bertz CT molecular complexity index is 152. The average Bonchev–Trinajstić information content (AvgIpc) is 3.04. The molecule has 0 N–H and O–H groups in total. The van der Waals surface area contributed by atoms with E-state index in [4.69, 9.17) is 18.6 Å². The molecule has 0 aromatic heterocycles. The molecule has 0 amide bonds. The highest BCUT2D eigenvalue weighted by molar-refractivity contribution is 6.48. The predicted molar refractivity (Wildman–Crippen MR) is 65.4 cm³/mol. The Morgan fingerprint density at radius 2 is 1.75 bits per heavy atom. The SMILES string of the molecule is C[SiH](C)OCCOCCCCOCC1CO1. The maximum absolute atomic E-state index is 5.50. The van der Waals surface area contributed by atoms with E-state index < -0.39 is 9.04 Å². The minimum Gasteiger partial charge on any atom is -0.418 e. The van der Waals surface area contributed by atoms with E-state index >= 15 is 0 Å². The first kappa shape index (κ1) is 14.1. The fourth-order valence-corrected chi connectivity index (χ4v) is 1.80. The highest BCUT2D eigenvalue weighted by Crippen LogP contribution is 2.08. The molecular weight excluding hydrogens is 224 g/mol. The number of hydrogen-bond donors (Lipinski definition) is 0. The Hall–Kier alpha value is 0.0569. The van der Waals surface area contributed by atoms with Crippen LogP contribution in [-0.4, -0.2) is 54.8 Å². The first-order valence-electron chi connectivity index (χ1n) is 6.17. The van der Waals surface area contributed by atoms with Gasteiger partial charge in [-0.15, -0.1) is 0 Å². The van der Waals surface area contributed by atoms with Gasteiger partial charge < -0.3 is 18.6 Å². The Balaban J connectivity index is 1.64. The van der Waals surface area contributed by atoms with Crippen molar-refractivity contribution >= 4 is 9.04 Å². The molecule has 0 bridgehead atoms. The zero-order chi connectivity index (χ0) is 11.6. The Morgan fingerprint density at radius 1 is 1.06 bits per heavy atom. The second-order valence-electron chi connectivity index (χ2n) is 4.27. The molecule has 1 aliphatic rings. The first-order valence-corrected chi connectivity index (χ1v) is 8.96. The van der Waals surface area contributed by atoms with Gasteiger partial charge in [0.1, 0.15) is 6.10 Å². The third-order valence-corrected chi connectivity index (χ3v) is 3.11. The summed E-state index contributed by atoms with van der Waals surface area (Å²) in [4.78, 5) is 0. The van der Waals surface area contributed by atoms with Gasteiger partial charge in [0.25, 0.3) is 0 Å². The standard InChI is InChI=1S/C11H24O4Si/c1-16(2)15-8-7-12-5-3-4-6-13-9-11-10-14-11/h11,16H,3-10H2,1-2H3. The number of unbranched alkanes of at least 4 members (excludes halogenated alkanes) is 1. The fraction of sp³-hybridized carbons (Fsp3) is 1.00. The molecule has 1 aliphatic heterocycles. The normalized spacial score (nSPS) is 19.3. The second kappa shape index (κ2) is 9.12. The molecule has 1 rings (SSSR count). The number of hydrogen-bond acceptors (Lipinski definition) is 4. The lowest BCUT2D eigenvalue weighted by molar-refractivity contribution is 0.0809. The molecule has 1 atom stereocenters. The number of ether oxygens (including phenoxy) is 3. The number of epoxide rings is 1. The highest BCUT2D eigenvalue weighted by Gasteiger charge is 2.21. The summed E-state index contributed by atoms with van der Waals surface area (Å²) in [7, 11) is -0.861. The van der Waals surface area contributed by atoms with E-state index in [9.17, 15) is 0 Å². The third-order valence-electron chi connectivity index (χ3n) is 2.21. The van der Waals surface area contributed by atoms with Crippen LogP contribution in [-0.2, 0) is 18.6 Å². The summed E-state index contributed by atoms with van der Waals surface area (Å²) in [6.45, 7) is 9.07. The molecule has 4 nitrogen and oxygen atoms in total. The summed E-state index contributed by atoms with van der Waals surface area (Å²) >= 11 is 0. The molecule has 0 aliphatic carbocycles. The van der Waals surface area contributed by atoms with Crippen LogP contribution in [0, 0.1) is 0 Å². The van der Waals surface area contributed by atoms with Crippen LogP contribution in [0.3, 0.4) is 0 Å². The van der Waals surface area contributed by atoms with Gasteiger partial charge in [-0.1, -0.05) is 0 Å². The second-order valence-corrected chi connectivity index (χ2v) is 6.70. The molecular formula is C11H24O4Si. The summed E-state index contributed by atoms with van der Waals surface area (Å²) in [5.41, 5.74) is 0. The molecule has 0 saturated carbocycles. The van der Waals surface area contributed by atoms with Gasteiger partial charge in [-0.05, 0) is 25.9 Å². The van der Waals surface area contributed by atoms with Crippen LogP contribution in [0.5, 0.6) is 0 Å². The Kier molecular flexibility index (Phi) is 8.05. The molecule has 1 unspecified atom stereocenters. The van der Waals surface area contributed by atoms with Crippen molar-refractivity contribution in [2.24, 2.45) is 0 Å². The molecule has 1 heterocycles. The van der Waals surface area contributed by atoms with Crippen molar-refractivity contribution in [3.8, 4) is 0 Å². The largest absolute Gasteiger partial charge is 0.418 e. The summed E-state index contributed by atoms with van der Waals surface area (Å²) in [5, 5.41) is 0. The zero-order valence-corrected chi connectivity index (χ0v) is 11.6. The Labute approximate surface area is 99.9 Å². The molecule has 5 heteroatoms. The fourth-order valence-electron chi connectivity index (χ4n) is 1.23. The van der Waals surface area contributed by atoms with Gasteiger partial charge in [0.2, 0.25) is 0 Å². The molecule has 1 saturated heterocycles. The predicted octanol–water partition coefficient (Wildman–Crippen LogP) is 1.20. The van der Waals surface area contributed by atoms with Crippen LogP contribution < -0.4 is 0 Å². The van der Waals surface area contributed by atoms with Crippen molar-refractivity contribution in [2.45, 2.75) is 32.0 Å². The van der Waals surface area contributed by atoms with Gasteiger partial charge in [-0.25, -0.2) is 0 Å². The van der Waals surface area contributed by atoms with Gasteiger partial charge >= 0.3 is 0 Å². The van der Waals surface area contributed by atoms with Crippen LogP contribution in [0.15, 0.2) is 0 Å². The van der Waals surface area contributed by atoms with Crippen molar-refractivity contribution < 1.29 is 18.6 Å². The summed E-state index contributed by atoms with van der Waals surface area (Å²) in [6, 6.07) is 0. The van der Waals surface area contributed by atoms with Gasteiger partial charge in [0, 0.05) is 13.2 Å². The van der Waals surface area contributed by atoms with Crippen LogP contribution >= 0.6 is 0 Å². The smallest absolute Gasteiger partial charge is 0.171 e. The van der Waals surface area contributed by atoms with E-state index in [1.807, 2.05) is 0 Å². The summed E-state index contributed by atoms with van der Waals surface area (Å²) < 4.78 is 21.4. The molecule has 16 heavy (non-hydrogen) atoms. The van der Waals surface area contributed by atoms with Crippen LogP contribution in [0.25, 0.3) is 0 Å². The highest BCUT2D eigenvalue weighted by atomic mass is 28.3. The van der Waals surface area contributed by atoms with E-state index in [1.165, 1.54) is 0 Å². The maximum atomic E-state index is 5.50. The lowest BCUT2D eigenvalue weighted by Gasteiger charge is -2.07. The minimum atomic E-state index is -0.861. The van der Waals surface area contributed by atoms with Crippen molar-refractivity contribution in [2.75, 3.05) is 39.6 Å². The van der Waals surface area contributed by atoms with Gasteiger partial charge in [-0.2, -0.15) is 0 Å². The van der Waals surface area contributed by atoms with Gasteiger partial charge in [-0.3, -0.25) is 0 Å². The van der Waals surface area contributed by atoms with Crippen LogP contribution in [0.1, 0.15) is 12.8 Å². The molecule has 0 radical (unpaired) electrons. The lowest BCUT2D eigenvalue weighted by Crippen LogP contribution is -2.13. The van der Waals surface area contributed by atoms with Gasteiger partial charge in [0.15, 0.2) is 9.04 Å². The van der Waals surface area contributed by atoms with E-state index in [-0.39, 0.29) is 0 Å². The van der Waals surface area contributed by atoms with Crippen LogP contribution in [0.2, 0.25) is 13.1 Å². The van der Waals surface area contributed by atoms with Crippen molar-refractivity contribution in [3.05, 3.63) is 0 Å². The lowest BCUT2D eigenvalue weighted by atomic mass is 10.3. The van der Waals surface area contributed by atoms with Gasteiger partial charge in [0.05, 0.1) is 26.4 Å². The van der Waals surface area contributed by atoms with Crippen molar-refractivity contribution in [3.63, 3.8) is 0 Å². The van der Waals surface area contributed by atoms with E-state index in [2.05, 4.69) is 13.1 Å². The van der Waals surface area contributed by atoms with Crippen molar-refractivity contribution in [1.29, 1.82) is 0 Å². The summed E-state index contributed by atoms with van der Waals surface area (Å²) in [5.74, 6) is 0. The van der Waals surface area contributed by atoms with E-state index in [1.54, 1.807) is 0 Å². The third kappa shape index (κ3) is 9.29. The molecule has 0 spiro atoms. The minimum absolute atomic E-state index is 0.383. The number of rotatable bonds is 11. The molecule has 96 valence electrons. The average molecular weight is 248 g/mol. The molecule has 0 aromatic carbocycles. The van der Waals surface area contributed by atoms with E-state index in [0.717, 1.165) is 52.5 Å².